The van der Waals surface area contributed by atoms with Crippen LogP contribution in [0.5, 0.6) is 5.75 Å². The van der Waals surface area contributed by atoms with Gasteiger partial charge in [0.2, 0.25) is 0 Å². The summed E-state index contributed by atoms with van der Waals surface area (Å²) in [7, 11) is 1.84. The first-order valence-corrected chi connectivity index (χ1v) is 5.76. The molecule has 0 saturated heterocycles. The smallest absolute Gasteiger partial charge is 0.339 e. The first kappa shape index (κ1) is 12.9. The average Bonchev–Trinajstić information content (AvgIpc) is 2.77. The number of aromatic nitrogens is 2. The molecule has 0 amide bonds. The van der Waals surface area contributed by atoms with E-state index in [4.69, 9.17) is 15.6 Å². The molecule has 1 unspecified atom stereocenters. The maximum atomic E-state index is 11.2. The van der Waals surface area contributed by atoms with Gasteiger partial charge in [0.15, 0.2) is 11.9 Å². The number of carboxylic acids is 1. The fourth-order valence-electron chi connectivity index (χ4n) is 1.85. The van der Waals surface area contributed by atoms with Crippen molar-refractivity contribution in [2.75, 3.05) is 5.73 Å². The number of benzene rings is 1. The molecule has 1 aromatic heterocycles. The van der Waals surface area contributed by atoms with Gasteiger partial charge < -0.3 is 20.1 Å². The van der Waals surface area contributed by atoms with Crippen molar-refractivity contribution < 1.29 is 14.6 Å². The zero-order chi connectivity index (χ0) is 14.0. The summed E-state index contributed by atoms with van der Waals surface area (Å²) < 4.78 is 7.48. The van der Waals surface area contributed by atoms with E-state index < -0.39 is 12.1 Å². The number of ether oxygens (including phenoxy) is 1. The molecule has 0 saturated carbocycles. The number of nitrogen functional groups attached to an aromatic ring is 1. The second-order valence-corrected chi connectivity index (χ2v) is 4.19. The number of aromatic carboxylic acids is 1. The number of hydrogen-bond donors (Lipinski definition) is 2. The number of imidazole rings is 1. The molecule has 0 bridgehead atoms. The predicted octanol–water partition coefficient (Wildman–Crippen LogP) is 1.84. The Kier molecular flexibility index (Phi) is 3.41. The van der Waals surface area contributed by atoms with E-state index in [0.29, 0.717) is 11.5 Å². The van der Waals surface area contributed by atoms with E-state index in [9.17, 15) is 4.79 Å². The molecule has 2 rings (SSSR count). The Bertz CT molecular complexity index is 607. The van der Waals surface area contributed by atoms with Gasteiger partial charge in [-0.2, -0.15) is 0 Å². The standard InChI is InChI=1S/C13H15N3O3/c1-8(12-15-6-7-16(12)2)19-11-9(13(17)18)4-3-5-10(11)14/h3-8H,14H2,1-2H3,(H,17,18). The van der Waals surface area contributed by atoms with E-state index >= 15 is 0 Å². The van der Waals surface area contributed by atoms with Crippen LogP contribution in [0.25, 0.3) is 0 Å². The Morgan fingerprint density at radius 2 is 2.26 bits per heavy atom. The molecule has 3 N–H and O–H groups in total. The number of carboxylic acid groups (broad SMARTS) is 1. The molecule has 0 aliphatic carbocycles. The highest BCUT2D eigenvalue weighted by Crippen LogP contribution is 2.30. The van der Waals surface area contributed by atoms with Crippen LogP contribution < -0.4 is 10.5 Å². The van der Waals surface area contributed by atoms with Gasteiger partial charge >= 0.3 is 5.97 Å². The fraction of sp³-hybridized carbons (Fsp3) is 0.231. The van der Waals surface area contributed by atoms with Crippen LogP contribution in [0.15, 0.2) is 30.6 Å². The molecule has 2 aromatic rings. The van der Waals surface area contributed by atoms with Crippen molar-refractivity contribution in [3.63, 3.8) is 0 Å². The molecule has 100 valence electrons. The van der Waals surface area contributed by atoms with Crippen molar-refractivity contribution in [1.82, 2.24) is 9.55 Å². The lowest BCUT2D eigenvalue weighted by Gasteiger charge is -2.17. The van der Waals surface area contributed by atoms with Crippen molar-refractivity contribution in [3.05, 3.63) is 42.0 Å². The number of anilines is 1. The summed E-state index contributed by atoms with van der Waals surface area (Å²) in [5.41, 5.74) is 6.12. The minimum absolute atomic E-state index is 0.0426. The van der Waals surface area contributed by atoms with Gasteiger partial charge in [0, 0.05) is 19.4 Å². The normalized spacial score (nSPS) is 12.1. The minimum Gasteiger partial charge on any atom is -0.480 e. The van der Waals surface area contributed by atoms with E-state index in [2.05, 4.69) is 4.98 Å². The van der Waals surface area contributed by atoms with E-state index in [1.165, 1.54) is 6.07 Å². The second kappa shape index (κ2) is 5.01. The zero-order valence-corrected chi connectivity index (χ0v) is 10.7. The van der Waals surface area contributed by atoms with E-state index in [1.807, 2.05) is 11.6 Å². The lowest BCUT2D eigenvalue weighted by atomic mass is 10.1. The van der Waals surface area contributed by atoms with E-state index in [0.717, 1.165) is 0 Å². The Morgan fingerprint density at radius 3 is 2.84 bits per heavy atom. The summed E-state index contributed by atoms with van der Waals surface area (Å²) in [4.78, 5) is 15.3. The van der Waals surface area contributed by atoms with Crippen molar-refractivity contribution in [2.24, 2.45) is 7.05 Å². The summed E-state index contributed by atoms with van der Waals surface area (Å²) in [6, 6.07) is 4.64. The molecule has 1 heterocycles. The monoisotopic (exact) mass is 261 g/mol. The van der Waals surface area contributed by atoms with Crippen LogP contribution in [-0.4, -0.2) is 20.6 Å². The van der Waals surface area contributed by atoms with Crippen LogP contribution in [-0.2, 0) is 7.05 Å². The molecular weight excluding hydrogens is 246 g/mol. The maximum absolute atomic E-state index is 11.2. The maximum Gasteiger partial charge on any atom is 0.339 e. The first-order valence-electron chi connectivity index (χ1n) is 5.76. The highest BCUT2D eigenvalue weighted by atomic mass is 16.5. The zero-order valence-electron chi connectivity index (χ0n) is 10.7. The molecule has 0 spiro atoms. The van der Waals surface area contributed by atoms with Gasteiger partial charge in [-0.25, -0.2) is 9.78 Å². The molecule has 1 aromatic carbocycles. The first-order chi connectivity index (χ1) is 9.00. The molecule has 0 aliphatic heterocycles. The number of nitrogens with zero attached hydrogens (tertiary/aromatic N) is 2. The van der Waals surface area contributed by atoms with Crippen molar-refractivity contribution >= 4 is 11.7 Å². The Hall–Kier alpha value is -2.50. The summed E-state index contributed by atoms with van der Waals surface area (Å²) in [6.45, 7) is 1.79. The predicted molar refractivity (Wildman–Crippen MR) is 70.1 cm³/mol. The number of carbonyl (C=O) groups is 1. The summed E-state index contributed by atoms with van der Waals surface area (Å²) >= 11 is 0. The quantitative estimate of drug-likeness (QED) is 0.819. The highest BCUT2D eigenvalue weighted by molar-refractivity contribution is 5.93. The highest BCUT2D eigenvalue weighted by Gasteiger charge is 2.19. The third-order valence-corrected chi connectivity index (χ3v) is 2.79. The van der Waals surface area contributed by atoms with Crippen LogP contribution in [0.1, 0.15) is 29.2 Å². The third-order valence-electron chi connectivity index (χ3n) is 2.79. The molecule has 0 fully saturated rings. The van der Waals surface area contributed by atoms with Crippen LogP contribution >= 0.6 is 0 Å². The van der Waals surface area contributed by atoms with Crippen LogP contribution in [0.4, 0.5) is 5.69 Å². The number of nitrogens with two attached hydrogens (primary N) is 1. The molecule has 1 atom stereocenters. The van der Waals surface area contributed by atoms with Gasteiger partial charge in [0.05, 0.1) is 5.69 Å². The topological polar surface area (TPSA) is 90.4 Å². The largest absolute Gasteiger partial charge is 0.480 e. The summed E-state index contributed by atoms with van der Waals surface area (Å²) in [6.07, 6.45) is 3.05. The lowest BCUT2D eigenvalue weighted by molar-refractivity contribution is 0.0689. The Morgan fingerprint density at radius 1 is 1.53 bits per heavy atom. The SMILES string of the molecule is CC(Oc1c(N)cccc1C(=O)O)c1nccn1C. The Labute approximate surface area is 110 Å². The van der Waals surface area contributed by atoms with Gasteiger partial charge in [-0.05, 0) is 19.1 Å². The number of rotatable bonds is 4. The Balaban J connectivity index is 2.33. The third kappa shape index (κ3) is 2.52. The van der Waals surface area contributed by atoms with Gasteiger partial charge in [-0.1, -0.05) is 6.07 Å². The van der Waals surface area contributed by atoms with Crippen molar-refractivity contribution in [3.8, 4) is 5.75 Å². The van der Waals surface area contributed by atoms with Gasteiger partial charge in [0.1, 0.15) is 11.4 Å². The number of para-hydroxylation sites is 1. The van der Waals surface area contributed by atoms with Crippen molar-refractivity contribution in [2.45, 2.75) is 13.0 Å². The van der Waals surface area contributed by atoms with Gasteiger partial charge in [-0.15, -0.1) is 0 Å². The van der Waals surface area contributed by atoms with Crippen LogP contribution in [0.3, 0.4) is 0 Å². The lowest BCUT2D eigenvalue weighted by Crippen LogP contribution is -2.12. The fourth-order valence-corrected chi connectivity index (χ4v) is 1.85. The molecule has 6 nitrogen and oxygen atoms in total. The summed E-state index contributed by atoms with van der Waals surface area (Å²) in [5.74, 6) is -0.209. The van der Waals surface area contributed by atoms with Crippen LogP contribution in [0.2, 0.25) is 0 Å². The number of aryl methyl sites for hydroxylation is 1. The molecule has 19 heavy (non-hydrogen) atoms. The van der Waals surface area contributed by atoms with E-state index in [1.54, 1.807) is 31.5 Å². The minimum atomic E-state index is -1.07. The van der Waals surface area contributed by atoms with Crippen LogP contribution in [0, 0.1) is 0 Å². The van der Waals surface area contributed by atoms with Crippen molar-refractivity contribution in [1.29, 1.82) is 0 Å². The molecule has 0 aliphatic rings. The molecule has 6 heteroatoms. The van der Waals surface area contributed by atoms with E-state index in [-0.39, 0.29) is 11.3 Å². The average molecular weight is 261 g/mol. The second-order valence-electron chi connectivity index (χ2n) is 4.19. The van der Waals surface area contributed by atoms with Gasteiger partial charge in [0.25, 0.3) is 0 Å². The summed E-state index contributed by atoms with van der Waals surface area (Å²) in [5, 5.41) is 9.13. The molecular formula is C13H15N3O3. The van der Waals surface area contributed by atoms with Gasteiger partial charge in [-0.3, -0.25) is 0 Å². The number of hydrogen-bond acceptors (Lipinski definition) is 4. The molecule has 0 radical (unpaired) electrons.